The highest BCUT2D eigenvalue weighted by Crippen LogP contribution is 2.43. The Bertz CT molecular complexity index is 711. The van der Waals surface area contributed by atoms with Crippen LogP contribution in [0.15, 0.2) is 6.20 Å². The van der Waals surface area contributed by atoms with E-state index in [0.29, 0.717) is 24.7 Å². The van der Waals surface area contributed by atoms with E-state index >= 15 is 0 Å². The van der Waals surface area contributed by atoms with Crippen LogP contribution < -0.4 is 9.80 Å². The van der Waals surface area contributed by atoms with E-state index in [2.05, 4.69) is 9.97 Å². The van der Waals surface area contributed by atoms with Gasteiger partial charge in [-0.15, -0.1) is 0 Å². The number of methoxy groups -OCH3 is 1. The minimum absolute atomic E-state index is 0.0766. The summed E-state index contributed by atoms with van der Waals surface area (Å²) in [5, 5.41) is 0.0766. The summed E-state index contributed by atoms with van der Waals surface area (Å²) in [4.78, 5) is 37.1. The number of aromatic nitrogens is 2. The Morgan fingerprint density at radius 3 is 2.88 bits per heavy atom. The van der Waals surface area contributed by atoms with Crippen LogP contribution in [0, 0.1) is 0 Å². The fraction of sp³-hybridized carbons (Fsp3) is 0.600. The monoisotopic (exact) mass is 354 g/mol. The van der Waals surface area contributed by atoms with Gasteiger partial charge < -0.3 is 14.4 Å². The number of fused-ring (bicyclic) bond motifs is 3. The van der Waals surface area contributed by atoms with Gasteiger partial charge >= 0.3 is 5.97 Å². The van der Waals surface area contributed by atoms with Crippen molar-refractivity contribution >= 4 is 35.0 Å². The van der Waals surface area contributed by atoms with Gasteiger partial charge in [0.1, 0.15) is 16.8 Å². The number of carbonyl (C=O) groups excluding carboxylic acids is 2. The second kappa shape index (κ2) is 5.56. The molecule has 8 nitrogen and oxygen atoms in total. The van der Waals surface area contributed by atoms with Gasteiger partial charge in [0.15, 0.2) is 5.82 Å². The molecule has 0 aliphatic carbocycles. The van der Waals surface area contributed by atoms with Gasteiger partial charge in [0.25, 0.3) is 5.91 Å². The van der Waals surface area contributed by atoms with Gasteiger partial charge in [-0.25, -0.2) is 9.78 Å². The highest BCUT2D eigenvalue weighted by Gasteiger charge is 2.55. The number of hydrogen-bond donors (Lipinski definition) is 0. The summed E-state index contributed by atoms with van der Waals surface area (Å²) in [6, 6.07) is 0. The fourth-order valence-electron chi connectivity index (χ4n) is 3.22. The molecule has 2 aliphatic rings. The average molecular weight is 355 g/mol. The quantitative estimate of drug-likeness (QED) is 0.579. The Hall–Kier alpha value is -1.93. The number of carbonyl (C=O) groups is 2. The number of amides is 1. The summed E-state index contributed by atoms with van der Waals surface area (Å²) < 4.78 is 10.4. The van der Waals surface area contributed by atoms with Gasteiger partial charge in [0.2, 0.25) is 5.28 Å². The predicted octanol–water partition coefficient (Wildman–Crippen LogP) is 1.02. The van der Waals surface area contributed by atoms with Gasteiger partial charge in [-0.2, -0.15) is 4.98 Å². The molecule has 1 amide bonds. The van der Waals surface area contributed by atoms with Crippen LogP contribution in [0.25, 0.3) is 0 Å². The molecular weight excluding hydrogens is 336 g/mol. The first-order chi connectivity index (χ1) is 11.2. The van der Waals surface area contributed by atoms with Crippen LogP contribution in [-0.4, -0.2) is 59.8 Å². The first-order valence-corrected chi connectivity index (χ1v) is 7.92. The summed E-state index contributed by atoms with van der Waals surface area (Å²) >= 11 is 5.97. The van der Waals surface area contributed by atoms with E-state index in [0.717, 1.165) is 0 Å². The SMILES string of the molecule is COC(=O)C(C)(C)N1C(=O)C2(C)COCCN2c2nc(Cl)ncc21. The molecule has 1 unspecified atom stereocenters. The predicted molar refractivity (Wildman–Crippen MR) is 87.2 cm³/mol. The number of ether oxygens (including phenoxy) is 2. The van der Waals surface area contributed by atoms with Gasteiger partial charge in [0, 0.05) is 6.54 Å². The Morgan fingerprint density at radius 1 is 1.50 bits per heavy atom. The standard InChI is InChI=1S/C15H19ClN4O4/c1-14(2,12(22)23-4)20-9-7-17-13(16)18-10(9)19-5-6-24-8-15(19,3)11(20)21/h7H,5-6,8H2,1-4H3. The average Bonchev–Trinajstić information content (AvgIpc) is 2.55. The molecule has 1 fully saturated rings. The number of esters is 1. The second-order valence-corrected chi connectivity index (χ2v) is 6.86. The highest BCUT2D eigenvalue weighted by atomic mass is 35.5. The maximum absolute atomic E-state index is 13.3. The van der Waals surface area contributed by atoms with Crippen molar-refractivity contribution in [1.29, 1.82) is 0 Å². The molecule has 0 aromatic carbocycles. The van der Waals surface area contributed by atoms with Crippen LogP contribution in [0.4, 0.5) is 11.5 Å². The molecule has 24 heavy (non-hydrogen) atoms. The van der Waals surface area contributed by atoms with Crippen molar-refractivity contribution in [2.45, 2.75) is 31.8 Å². The van der Waals surface area contributed by atoms with E-state index in [1.165, 1.54) is 18.2 Å². The molecule has 3 heterocycles. The smallest absolute Gasteiger partial charge is 0.331 e. The van der Waals surface area contributed by atoms with Crippen molar-refractivity contribution in [2.75, 3.05) is 36.7 Å². The van der Waals surface area contributed by atoms with Gasteiger partial charge in [-0.3, -0.25) is 9.69 Å². The molecule has 0 saturated carbocycles. The first-order valence-electron chi connectivity index (χ1n) is 7.54. The first kappa shape index (κ1) is 16.9. The van der Waals surface area contributed by atoms with Crippen LogP contribution in [0.1, 0.15) is 20.8 Å². The Balaban J connectivity index is 2.23. The highest BCUT2D eigenvalue weighted by molar-refractivity contribution is 6.28. The summed E-state index contributed by atoms with van der Waals surface area (Å²) in [7, 11) is 1.29. The normalized spacial score (nSPS) is 23.6. The number of rotatable bonds is 2. The fourth-order valence-corrected chi connectivity index (χ4v) is 3.35. The zero-order valence-electron chi connectivity index (χ0n) is 14.0. The molecule has 2 aliphatic heterocycles. The Kier molecular flexibility index (Phi) is 3.92. The minimum Gasteiger partial charge on any atom is -0.467 e. The molecular formula is C15H19ClN4O4. The zero-order chi connectivity index (χ0) is 17.7. The van der Waals surface area contributed by atoms with Gasteiger partial charge in [-0.05, 0) is 32.4 Å². The maximum Gasteiger partial charge on any atom is 0.331 e. The van der Waals surface area contributed by atoms with E-state index in [9.17, 15) is 9.59 Å². The van der Waals surface area contributed by atoms with E-state index in [1.54, 1.807) is 20.8 Å². The summed E-state index contributed by atoms with van der Waals surface area (Å²) in [5.41, 5.74) is -1.78. The molecule has 0 spiro atoms. The summed E-state index contributed by atoms with van der Waals surface area (Å²) in [6.07, 6.45) is 1.46. The van der Waals surface area contributed by atoms with Crippen molar-refractivity contribution in [1.82, 2.24) is 9.97 Å². The lowest BCUT2D eigenvalue weighted by molar-refractivity contribution is -0.148. The lowest BCUT2D eigenvalue weighted by Gasteiger charge is -2.53. The molecule has 3 rings (SSSR count). The van der Waals surface area contributed by atoms with Crippen molar-refractivity contribution in [3.8, 4) is 0 Å². The summed E-state index contributed by atoms with van der Waals surface area (Å²) in [6.45, 7) is 6.18. The molecule has 0 radical (unpaired) electrons. The zero-order valence-corrected chi connectivity index (χ0v) is 14.8. The molecule has 0 bridgehead atoms. The lowest BCUT2D eigenvalue weighted by Crippen LogP contribution is -2.71. The number of anilines is 2. The van der Waals surface area contributed by atoms with E-state index in [1.807, 2.05) is 4.90 Å². The third-order valence-electron chi connectivity index (χ3n) is 4.56. The Morgan fingerprint density at radius 2 is 2.21 bits per heavy atom. The number of hydrogen-bond acceptors (Lipinski definition) is 7. The van der Waals surface area contributed by atoms with Gasteiger partial charge in [0.05, 0.1) is 26.5 Å². The number of nitrogens with zero attached hydrogens (tertiary/aromatic N) is 4. The van der Waals surface area contributed by atoms with Crippen LogP contribution in [0.5, 0.6) is 0 Å². The molecule has 9 heteroatoms. The van der Waals surface area contributed by atoms with Crippen molar-refractivity contribution < 1.29 is 19.1 Å². The van der Waals surface area contributed by atoms with Crippen molar-refractivity contribution in [3.63, 3.8) is 0 Å². The van der Waals surface area contributed by atoms with E-state index in [-0.39, 0.29) is 17.8 Å². The van der Waals surface area contributed by atoms with Crippen LogP contribution in [0.2, 0.25) is 5.28 Å². The number of morpholine rings is 1. The third-order valence-corrected chi connectivity index (χ3v) is 4.75. The van der Waals surface area contributed by atoms with Gasteiger partial charge in [-0.1, -0.05) is 0 Å². The number of halogens is 1. The molecule has 1 aromatic rings. The topological polar surface area (TPSA) is 84.9 Å². The summed E-state index contributed by atoms with van der Waals surface area (Å²) in [5.74, 6) is -0.293. The molecule has 1 saturated heterocycles. The van der Waals surface area contributed by atoms with E-state index in [4.69, 9.17) is 21.1 Å². The van der Waals surface area contributed by atoms with Crippen molar-refractivity contribution in [3.05, 3.63) is 11.5 Å². The van der Waals surface area contributed by atoms with Crippen LogP contribution in [0.3, 0.4) is 0 Å². The second-order valence-electron chi connectivity index (χ2n) is 6.52. The Labute approximate surface area is 144 Å². The van der Waals surface area contributed by atoms with Crippen LogP contribution in [-0.2, 0) is 19.1 Å². The molecule has 1 aromatic heterocycles. The third kappa shape index (κ3) is 2.24. The lowest BCUT2D eigenvalue weighted by atomic mass is 9.89. The maximum atomic E-state index is 13.3. The van der Waals surface area contributed by atoms with E-state index < -0.39 is 17.0 Å². The molecule has 130 valence electrons. The molecule has 1 atom stereocenters. The minimum atomic E-state index is -1.23. The molecule has 0 N–H and O–H groups in total. The largest absolute Gasteiger partial charge is 0.467 e. The van der Waals surface area contributed by atoms with Crippen molar-refractivity contribution in [2.24, 2.45) is 0 Å². The van der Waals surface area contributed by atoms with Crippen LogP contribution >= 0.6 is 11.6 Å².